The van der Waals surface area contributed by atoms with Gasteiger partial charge in [-0.05, 0) is 59.5 Å². The molecule has 4 aliphatic heterocycles. The number of aliphatic hydroxyl groups excluding tert-OH is 1. The van der Waals surface area contributed by atoms with Gasteiger partial charge in [0.15, 0.2) is 18.1 Å². The normalized spacial score (nSPS) is 24.5. The van der Waals surface area contributed by atoms with E-state index in [9.17, 15) is 39.7 Å². The van der Waals surface area contributed by atoms with Crippen molar-refractivity contribution in [3.63, 3.8) is 0 Å². The number of hydrogen-bond acceptors (Lipinski definition) is 29. The van der Waals surface area contributed by atoms with Crippen molar-refractivity contribution in [3.05, 3.63) is 112 Å². The highest BCUT2D eigenvalue weighted by Gasteiger charge is 2.50. The van der Waals surface area contributed by atoms with Crippen LogP contribution in [0.3, 0.4) is 0 Å². The summed E-state index contributed by atoms with van der Waals surface area (Å²) in [6.45, 7) is 4.36. The Morgan fingerprint density at radius 2 is 1.47 bits per heavy atom. The number of methoxy groups -OCH3 is 1. The second-order valence-electron chi connectivity index (χ2n) is 23.2. The SMILES string of the molecule is CO/C(C)=C1/NC(=O)[C@H]([C@@H](C)O)NC(=O)c2csc(n2)-c2cc(O)c(-c3nc(C(=O)N(C)C)cs3)nc2-c2csc(n2)[C@@H]2COC(=O)c3c4c5c(cccc5n3O)COC(=O)[C@@H](O[C@H]3C[C@](C)(O)[C@H](N(C)C)[C@H](C)O3)[C@@H](OC4)[C@H](NC(=O)c3csc1n3)c1nc(cs1)C(=O)N2. The van der Waals surface area contributed by atoms with Crippen LogP contribution in [0.2, 0.25) is 0 Å². The van der Waals surface area contributed by atoms with Crippen LogP contribution in [0, 0.1) is 0 Å². The third kappa shape index (κ3) is 12.9. The van der Waals surface area contributed by atoms with E-state index in [0.29, 0.717) is 10.3 Å². The number of aliphatic hydroxyl groups is 2. The topological polar surface area (TPSA) is 393 Å². The van der Waals surface area contributed by atoms with Crippen molar-refractivity contribution in [3.8, 4) is 38.4 Å². The largest absolute Gasteiger partial charge is 0.506 e. The van der Waals surface area contributed by atoms with Gasteiger partial charge in [-0.1, -0.05) is 12.1 Å². The number of aromatic nitrogens is 7. The molecule has 12 bridgehead atoms. The number of nitrogens with one attached hydrogen (secondary N) is 4. The molecule has 4 aliphatic rings. The standard InChI is InChI=1S/C60H61N13O17S5/c1-23(74)39-51(79)69-40(24(2)85-9)54-64-33(21-93-54)50(78)70-43-45-46(90-37-14-60(4,83)47(71(5)6)25(3)89-37)59(82)87-15-26-11-10-12-35-38(26)28(16-86-45)44(73(35)84)58(81)88-17-29(61-48(76)31-20-94-56(43)65-31)53-62-30(18-92-53)41-27(52-63-32(19-91-52)49(77)68-39)13-36(75)42(67-41)55-66-34(22-95-55)57(80)72(7)8/h10-13,18-23,25,29,37,39,43,45-47,74-75,83-84H,14-17H2,1-9H3,(H,61,76)(H,68,77)(H,69,79)(H,70,78)/b40-24+/t23-,25+,29+,37+,39+,43+,45+,46+,47-,60+/m1/s1. The zero-order valence-electron chi connectivity index (χ0n) is 51.9. The lowest BCUT2D eigenvalue weighted by atomic mass is 9.85. The van der Waals surface area contributed by atoms with Crippen molar-refractivity contribution in [1.29, 1.82) is 0 Å². The molecule has 498 valence electrons. The predicted octanol–water partition coefficient (Wildman–Crippen LogP) is 4.86. The molecule has 0 radical (unpaired) electrons. The second-order valence-corrected chi connectivity index (χ2v) is 27.6. The number of hydrogen-bond donors (Lipinski definition) is 8. The third-order valence-electron chi connectivity index (χ3n) is 16.1. The minimum atomic E-state index is -1.90. The van der Waals surface area contributed by atoms with Crippen molar-refractivity contribution in [2.75, 3.05) is 41.9 Å². The first-order chi connectivity index (χ1) is 45.3. The van der Waals surface area contributed by atoms with Crippen LogP contribution in [0.4, 0.5) is 0 Å². The summed E-state index contributed by atoms with van der Waals surface area (Å²) in [6, 6.07) is 0.854. The molecule has 8 aromatic rings. The van der Waals surface area contributed by atoms with E-state index in [1.54, 1.807) is 64.5 Å². The van der Waals surface area contributed by atoms with Crippen molar-refractivity contribution < 1.29 is 82.5 Å². The summed E-state index contributed by atoms with van der Waals surface area (Å²) in [5.41, 5.74) is -2.07. The maximum absolute atomic E-state index is 15.2. The van der Waals surface area contributed by atoms with Gasteiger partial charge in [0.25, 0.3) is 23.6 Å². The second kappa shape index (κ2) is 26.5. The van der Waals surface area contributed by atoms with Gasteiger partial charge in [-0.2, -0.15) is 4.73 Å². The Morgan fingerprint density at radius 3 is 2.19 bits per heavy atom. The van der Waals surface area contributed by atoms with Gasteiger partial charge in [-0.25, -0.2) is 39.5 Å². The lowest BCUT2D eigenvalue weighted by Crippen LogP contribution is -2.62. The summed E-state index contributed by atoms with van der Waals surface area (Å²) in [6.07, 6.45) is -7.45. The maximum Gasteiger partial charge on any atom is 0.358 e. The lowest BCUT2D eigenvalue weighted by Gasteiger charge is -2.48. The van der Waals surface area contributed by atoms with Crippen molar-refractivity contribution >= 4 is 115 Å². The number of aromatic hydroxyl groups is 1. The van der Waals surface area contributed by atoms with Gasteiger partial charge in [0.1, 0.15) is 120 Å². The first kappa shape index (κ1) is 66.3. The van der Waals surface area contributed by atoms with Gasteiger partial charge < -0.3 is 80.0 Å². The van der Waals surface area contributed by atoms with Gasteiger partial charge >= 0.3 is 11.9 Å². The number of cyclic esters (lactones) is 2. The highest BCUT2D eigenvalue weighted by Crippen LogP contribution is 2.43. The number of esters is 2. The molecule has 10 atom stereocenters. The molecule has 30 nitrogen and oxygen atoms in total. The Labute approximate surface area is 559 Å². The molecule has 5 amide bonds. The molecule has 1 fully saturated rings. The summed E-state index contributed by atoms with van der Waals surface area (Å²) in [4.78, 5) is 133. The number of ether oxygens (including phenoxy) is 6. The average molecular weight is 1400 g/mol. The van der Waals surface area contributed by atoms with E-state index in [2.05, 4.69) is 36.2 Å². The quantitative estimate of drug-likeness (QED) is 0.0599. The van der Waals surface area contributed by atoms with Crippen LogP contribution in [0.25, 0.3) is 49.3 Å². The van der Waals surface area contributed by atoms with E-state index in [1.807, 2.05) is 0 Å². The van der Waals surface area contributed by atoms with Crippen LogP contribution < -0.4 is 21.3 Å². The van der Waals surface area contributed by atoms with Gasteiger partial charge in [0.2, 0.25) is 5.91 Å². The van der Waals surface area contributed by atoms with Crippen molar-refractivity contribution in [2.45, 2.75) is 108 Å². The van der Waals surface area contributed by atoms with Crippen LogP contribution in [-0.2, 0) is 51.2 Å². The van der Waals surface area contributed by atoms with Gasteiger partial charge in [-0.15, -0.1) is 56.7 Å². The Bertz CT molecular complexity index is 4410. The number of allylic oxidation sites excluding steroid dienone is 1. The minimum Gasteiger partial charge on any atom is -0.506 e. The summed E-state index contributed by atoms with van der Waals surface area (Å²) >= 11 is 4.72. The van der Waals surface area contributed by atoms with Crippen LogP contribution in [0.15, 0.2) is 56.9 Å². The number of benzene rings is 1. The fraction of sp³-hybridized carbons (Fsp3) is 0.383. The molecule has 8 N–H and O–H groups in total. The molecule has 1 saturated heterocycles. The van der Waals surface area contributed by atoms with E-state index in [4.69, 9.17) is 43.4 Å². The van der Waals surface area contributed by atoms with E-state index in [0.717, 1.165) is 56.7 Å². The first-order valence-corrected chi connectivity index (χ1v) is 33.6. The molecule has 95 heavy (non-hydrogen) atoms. The number of carbonyl (C=O) groups is 7. The summed E-state index contributed by atoms with van der Waals surface area (Å²) < 4.78 is 38.3. The minimum absolute atomic E-state index is 0.00110. The number of nitrogens with zero attached hydrogens (tertiary/aromatic N) is 9. The van der Waals surface area contributed by atoms with Crippen molar-refractivity contribution in [2.24, 2.45) is 0 Å². The van der Waals surface area contributed by atoms with Gasteiger partial charge in [0.05, 0.1) is 43.1 Å². The Balaban J connectivity index is 1.05. The summed E-state index contributed by atoms with van der Waals surface area (Å²) in [5.74, 6) is -6.58. The van der Waals surface area contributed by atoms with E-state index < -0.39 is 133 Å². The number of rotatable bonds is 7. The lowest BCUT2D eigenvalue weighted by molar-refractivity contribution is -0.280. The fourth-order valence-corrected chi connectivity index (χ4v) is 15.9. The first-order valence-electron chi connectivity index (χ1n) is 29.2. The Morgan fingerprint density at radius 1 is 0.811 bits per heavy atom. The highest BCUT2D eigenvalue weighted by molar-refractivity contribution is 7.14. The zero-order valence-corrected chi connectivity index (χ0v) is 56.0. The van der Waals surface area contributed by atoms with Crippen LogP contribution in [0.1, 0.15) is 125 Å². The number of carbonyl (C=O) groups excluding carboxylic acids is 7. The molecule has 12 rings (SSSR count). The molecular weight excluding hydrogens is 1340 g/mol. The van der Waals surface area contributed by atoms with Gasteiger partial charge in [-0.3, -0.25) is 24.0 Å². The zero-order chi connectivity index (χ0) is 67.6. The predicted molar refractivity (Wildman–Crippen MR) is 342 cm³/mol. The van der Waals surface area contributed by atoms with Crippen molar-refractivity contribution in [1.82, 2.24) is 65.7 Å². The maximum atomic E-state index is 15.2. The Kier molecular flexibility index (Phi) is 18.5. The molecule has 0 unspecified atom stereocenters. The smallest absolute Gasteiger partial charge is 0.358 e. The third-order valence-corrected chi connectivity index (χ3v) is 20.6. The molecule has 1 aromatic carbocycles. The molecule has 35 heteroatoms. The molecular formula is C60H61N13O17S5. The number of fused-ring (bicyclic) bond motifs is 15. The molecule has 0 aliphatic carbocycles. The summed E-state index contributed by atoms with van der Waals surface area (Å²) in [7, 11) is 7.98. The van der Waals surface area contributed by atoms with Gasteiger partial charge in [0, 0.05) is 63.9 Å². The van der Waals surface area contributed by atoms with Crippen LogP contribution in [0.5, 0.6) is 5.75 Å². The average Bonchev–Trinajstić information content (AvgIpc) is 1.65. The Hall–Kier alpha value is -8.75. The van der Waals surface area contributed by atoms with Crippen LogP contribution >= 0.6 is 56.7 Å². The molecule has 7 aromatic heterocycles. The van der Waals surface area contributed by atoms with E-state index in [1.165, 1.54) is 59.5 Å². The van der Waals surface area contributed by atoms with Crippen LogP contribution in [-0.4, -0.2) is 197 Å². The number of amides is 5. The molecule has 11 heterocycles. The van der Waals surface area contributed by atoms with E-state index in [-0.39, 0.29) is 105 Å². The molecule has 0 saturated carbocycles. The number of thiazole rings is 5. The van der Waals surface area contributed by atoms with E-state index >= 15 is 14.4 Å². The fourth-order valence-electron chi connectivity index (χ4n) is 11.7. The number of pyridine rings is 1. The highest BCUT2D eigenvalue weighted by atomic mass is 32.1. The molecule has 0 spiro atoms. The summed E-state index contributed by atoms with van der Waals surface area (Å²) in [5, 5.41) is 65.7. The number of likely N-dealkylation sites (N-methyl/N-ethyl adjacent to an activating group) is 1. The monoisotopic (exact) mass is 1400 g/mol.